The molecule has 1 N–H and O–H groups in total. The second-order valence-electron chi connectivity index (χ2n) is 4.29. The highest BCUT2D eigenvalue weighted by molar-refractivity contribution is 6.07. The summed E-state index contributed by atoms with van der Waals surface area (Å²) in [6, 6.07) is 17.2. The molecule has 2 nitrogen and oxygen atoms in total. The summed E-state index contributed by atoms with van der Waals surface area (Å²) in [5.41, 5.74) is 2.65. The molecule has 2 aromatic carbocycles. The lowest BCUT2D eigenvalue weighted by Gasteiger charge is -2.06. The van der Waals surface area contributed by atoms with Crippen molar-refractivity contribution in [2.45, 2.75) is 6.54 Å². The third-order valence-corrected chi connectivity index (χ3v) is 3.27. The second kappa shape index (κ2) is 4.22. The molecule has 0 spiro atoms. The largest absolute Gasteiger partial charge is 0.339 e. The Balaban J connectivity index is 2.33. The number of likely N-dealkylation sites (N-methyl/N-ethyl adjacent to an activating group) is 1. The van der Waals surface area contributed by atoms with Crippen molar-refractivity contribution >= 4 is 21.8 Å². The molecule has 0 bridgehead atoms. The Labute approximate surface area is 101 Å². The van der Waals surface area contributed by atoms with Gasteiger partial charge in [0.1, 0.15) is 0 Å². The van der Waals surface area contributed by atoms with Crippen molar-refractivity contribution < 1.29 is 0 Å². The molecule has 0 saturated carbocycles. The topological polar surface area (TPSA) is 17.0 Å². The summed E-state index contributed by atoms with van der Waals surface area (Å²) in [5.74, 6) is 0. The maximum absolute atomic E-state index is 3.21. The van der Waals surface area contributed by atoms with E-state index in [1.807, 2.05) is 7.05 Å². The maximum atomic E-state index is 3.21. The van der Waals surface area contributed by atoms with Crippen LogP contribution in [0.1, 0.15) is 0 Å². The van der Waals surface area contributed by atoms with Crippen LogP contribution in [0.15, 0.2) is 48.5 Å². The lowest BCUT2D eigenvalue weighted by atomic mass is 10.2. The van der Waals surface area contributed by atoms with Gasteiger partial charge >= 0.3 is 0 Å². The quantitative estimate of drug-likeness (QED) is 0.723. The number of hydrogen-bond donors (Lipinski definition) is 1. The van der Waals surface area contributed by atoms with Gasteiger partial charge in [-0.05, 0) is 19.2 Å². The van der Waals surface area contributed by atoms with Crippen molar-refractivity contribution in [1.82, 2.24) is 9.88 Å². The molecular weight excluding hydrogens is 208 g/mol. The third-order valence-electron chi connectivity index (χ3n) is 3.27. The van der Waals surface area contributed by atoms with Crippen LogP contribution in [-0.2, 0) is 6.54 Å². The molecule has 0 amide bonds. The van der Waals surface area contributed by atoms with Gasteiger partial charge in [-0.1, -0.05) is 36.4 Å². The number of nitrogens with zero attached hydrogens (tertiary/aromatic N) is 1. The van der Waals surface area contributed by atoms with E-state index in [0.29, 0.717) is 0 Å². The molecule has 3 rings (SSSR count). The van der Waals surface area contributed by atoms with Crippen LogP contribution < -0.4 is 5.32 Å². The van der Waals surface area contributed by atoms with Gasteiger partial charge in [0, 0.05) is 34.9 Å². The molecule has 2 heteroatoms. The minimum absolute atomic E-state index is 0.989. The van der Waals surface area contributed by atoms with Crippen molar-refractivity contribution in [3.63, 3.8) is 0 Å². The van der Waals surface area contributed by atoms with Gasteiger partial charge in [-0.15, -0.1) is 0 Å². The van der Waals surface area contributed by atoms with Crippen LogP contribution in [-0.4, -0.2) is 18.2 Å². The van der Waals surface area contributed by atoms with E-state index in [1.54, 1.807) is 0 Å². The minimum Gasteiger partial charge on any atom is -0.339 e. The molecule has 0 fully saturated rings. The summed E-state index contributed by atoms with van der Waals surface area (Å²) in [4.78, 5) is 0. The Bertz CT molecular complexity index is 599. The van der Waals surface area contributed by atoms with E-state index in [4.69, 9.17) is 0 Å². The first kappa shape index (κ1) is 10.4. The van der Waals surface area contributed by atoms with E-state index in [1.165, 1.54) is 21.8 Å². The number of hydrogen-bond acceptors (Lipinski definition) is 1. The predicted molar refractivity (Wildman–Crippen MR) is 73.4 cm³/mol. The molecule has 1 heterocycles. The first-order valence-corrected chi connectivity index (χ1v) is 6.02. The summed E-state index contributed by atoms with van der Waals surface area (Å²) in [6.07, 6.45) is 0. The lowest BCUT2D eigenvalue weighted by Crippen LogP contribution is -2.14. The molecule has 0 aliphatic carbocycles. The molecular formula is C15H16N2. The molecule has 0 aliphatic heterocycles. The van der Waals surface area contributed by atoms with Crippen molar-refractivity contribution in [3.05, 3.63) is 48.5 Å². The van der Waals surface area contributed by atoms with Crippen LogP contribution in [0.3, 0.4) is 0 Å². The average Bonchev–Trinajstić information content (AvgIpc) is 2.71. The van der Waals surface area contributed by atoms with Crippen LogP contribution >= 0.6 is 0 Å². The molecule has 0 saturated heterocycles. The Morgan fingerprint density at radius 1 is 0.882 bits per heavy atom. The standard InChI is InChI=1S/C15H16N2/c1-16-10-11-17-14-8-4-2-6-12(14)13-7-3-5-9-15(13)17/h2-9,16H,10-11H2,1H3. The summed E-state index contributed by atoms with van der Waals surface area (Å²) in [5, 5.41) is 5.91. The number of benzene rings is 2. The normalized spacial score (nSPS) is 11.4. The fourth-order valence-corrected chi connectivity index (χ4v) is 2.47. The Hall–Kier alpha value is -1.80. The minimum atomic E-state index is 0.989. The number of nitrogens with one attached hydrogen (secondary N) is 1. The fraction of sp³-hybridized carbons (Fsp3) is 0.200. The van der Waals surface area contributed by atoms with E-state index in [-0.39, 0.29) is 0 Å². The average molecular weight is 224 g/mol. The number of fused-ring (bicyclic) bond motifs is 3. The number of rotatable bonds is 3. The zero-order valence-electron chi connectivity index (χ0n) is 9.98. The van der Waals surface area contributed by atoms with Gasteiger partial charge in [0.25, 0.3) is 0 Å². The number of aromatic nitrogens is 1. The zero-order chi connectivity index (χ0) is 11.7. The van der Waals surface area contributed by atoms with Crippen LogP contribution in [0.4, 0.5) is 0 Å². The zero-order valence-corrected chi connectivity index (χ0v) is 9.98. The molecule has 0 unspecified atom stereocenters. The predicted octanol–water partition coefficient (Wildman–Crippen LogP) is 3.01. The van der Waals surface area contributed by atoms with Gasteiger partial charge in [0.05, 0.1) is 0 Å². The molecule has 17 heavy (non-hydrogen) atoms. The van der Waals surface area contributed by atoms with Crippen molar-refractivity contribution in [3.8, 4) is 0 Å². The Morgan fingerprint density at radius 2 is 1.41 bits per heavy atom. The van der Waals surface area contributed by atoms with E-state index in [9.17, 15) is 0 Å². The van der Waals surface area contributed by atoms with E-state index >= 15 is 0 Å². The van der Waals surface area contributed by atoms with E-state index in [2.05, 4.69) is 58.4 Å². The van der Waals surface area contributed by atoms with Gasteiger partial charge in [-0.25, -0.2) is 0 Å². The SMILES string of the molecule is CNCCn1c2ccccc2c2ccccc21. The molecule has 0 radical (unpaired) electrons. The van der Waals surface area contributed by atoms with Crippen molar-refractivity contribution in [2.75, 3.05) is 13.6 Å². The van der Waals surface area contributed by atoms with E-state index < -0.39 is 0 Å². The summed E-state index contributed by atoms with van der Waals surface area (Å²) >= 11 is 0. The first-order chi connectivity index (χ1) is 8.42. The monoisotopic (exact) mass is 224 g/mol. The van der Waals surface area contributed by atoms with Crippen LogP contribution in [0.5, 0.6) is 0 Å². The number of para-hydroxylation sites is 2. The maximum Gasteiger partial charge on any atom is 0.0491 e. The molecule has 0 aliphatic rings. The van der Waals surface area contributed by atoms with Crippen LogP contribution in [0, 0.1) is 0 Å². The van der Waals surface area contributed by atoms with Gasteiger partial charge in [0.2, 0.25) is 0 Å². The summed E-state index contributed by atoms with van der Waals surface area (Å²) in [6.45, 7) is 1.99. The molecule has 3 aromatic rings. The first-order valence-electron chi connectivity index (χ1n) is 6.02. The highest BCUT2D eigenvalue weighted by Gasteiger charge is 2.08. The van der Waals surface area contributed by atoms with Crippen molar-refractivity contribution in [1.29, 1.82) is 0 Å². The highest BCUT2D eigenvalue weighted by atomic mass is 15.0. The molecule has 0 atom stereocenters. The van der Waals surface area contributed by atoms with Crippen LogP contribution in [0.2, 0.25) is 0 Å². The van der Waals surface area contributed by atoms with Gasteiger partial charge in [-0.3, -0.25) is 0 Å². The molecule has 86 valence electrons. The summed E-state index contributed by atoms with van der Waals surface area (Å²) in [7, 11) is 1.99. The van der Waals surface area contributed by atoms with E-state index in [0.717, 1.165) is 13.1 Å². The van der Waals surface area contributed by atoms with Gasteiger partial charge in [-0.2, -0.15) is 0 Å². The van der Waals surface area contributed by atoms with Gasteiger partial charge < -0.3 is 9.88 Å². The van der Waals surface area contributed by atoms with Crippen LogP contribution in [0.25, 0.3) is 21.8 Å². The molecule has 1 aromatic heterocycles. The lowest BCUT2D eigenvalue weighted by molar-refractivity contribution is 0.676. The smallest absolute Gasteiger partial charge is 0.0491 e. The Morgan fingerprint density at radius 3 is 1.94 bits per heavy atom. The third kappa shape index (κ3) is 1.61. The Kier molecular flexibility index (Phi) is 2.57. The second-order valence-corrected chi connectivity index (χ2v) is 4.29. The highest BCUT2D eigenvalue weighted by Crippen LogP contribution is 2.28. The van der Waals surface area contributed by atoms with Gasteiger partial charge in [0.15, 0.2) is 0 Å². The summed E-state index contributed by atoms with van der Waals surface area (Å²) < 4.78 is 2.39. The van der Waals surface area contributed by atoms with Crippen molar-refractivity contribution in [2.24, 2.45) is 0 Å². The fourth-order valence-electron chi connectivity index (χ4n) is 2.47.